The number of aliphatic hydroxyl groups is 1. The molecular formula is C10H18O3S. The molecule has 2 unspecified atom stereocenters. The van der Waals surface area contributed by atoms with E-state index in [0.717, 1.165) is 12.8 Å². The highest BCUT2D eigenvalue weighted by atomic mass is 32.2. The first kappa shape index (κ1) is 10.4. The molecule has 82 valence electrons. The van der Waals surface area contributed by atoms with Gasteiger partial charge in [-0.2, -0.15) is 0 Å². The van der Waals surface area contributed by atoms with Crippen molar-refractivity contribution in [1.29, 1.82) is 0 Å². The molecule has 14 heavy (non-hydrogen) atoms. The van der Waals surface area contributed by atoms with Gasteiger partial charge in [0.2, 0.25) is 0 Å². The van der Waals surface area contributed by atoms with Crippen LogP contribution in [0.15, 0.2) is 0 Å². The van der Waals surface area contributed by atoms with Gasteiger partial charge in [-0.15, -0.1) is 0 Å². The fourth-order valence-electron chi connectivity index (χ4n) is 2.78. The molecule has 0 amide bonds. The summed E-state index contributed by atoms with van der Waals surface area (Å²) in [5.74, 6) is 0.878. The van der Waals surface area contributed by atoms with Crippen LogP contribution in [0.25, 0.3) is 0 Å². The summed E-state index contributed by atoms with van der Waals surface area (Å²) in [5.41, 5.74) is 0. The van der Waals surface area contributed by atoms with Gasteiger partial charge in [0.05, 0.1) is 17.6 Å². The minimum atomic E-state index is -2.83. The fraction of sp³-hybridized carbons (Fsp3) is 1.00. The van der Waals surface area contributed by atoms with E-state index in [4.69, 9.17) is 0 Å². The molecular weight excluding hydrogens is 200 g/mol. The van der Waals surface area contributed by atoms with Crippen molar-refractivity contribution in [3.63, 3.8) is 0 Å². The molecule has 3 nitrogen and oxygen atoms in total. The molecule has 0 bridgehead atoms. The van der Waals surface area contributed by atoms with Crippen LogP contribution in [0.2, 0.25) is 0 Å². The number of hydrogen-bond donors (Lipinski definition) is 1. The summed E-state index contributed by atoms with van der Waals surface area (Å²) in [7, 11) is -2.83. The molecule has 2 rings (SSSR count). The van der Waals surface area contributed by atoms with E-state index in [-0.39, 0.29) is 23.5 Å². The van der Waals surface area contributed by atoms with E-state index in [9.17, 15) is 13.5 Å². The lowest BCUT2D eigenvalue weighted by molar-refractivity contribution is 0.0628. The zero-order valence-corrected chi connectivity index (χ0v) is 9.17. The third kappa shape index (κ3) is 2.11. The minimum absolute atomic E-state index is 0.0168. The van der Waals surface area contributed by atoms with Crippen LogP contribution in [0.3, 0.4) is 0 Å². The van der Waals surface area contributed by atoms with E-state index >= 15 is 0 Å². The third-order valence-corrected chi connectivity index (χ3v) is 5.43. The molecule has 0 spiro atoms. The third-order valence-electron chi connectivity index (χ3n) is 3.63. The van der Waals surface area contributed by atoms with Crippen LogP contribution in [-0.4, -0.2) is 31.1 Å². The Morgan fingerprint density at radius 1 is 1.07 bits per heavy atom. The van der Waals surface area contributed by atoms with Gasteiger partial charge in [-0.25, -0.2) is 8.42 Å². The van der Waals surface area contributed by atoms with Crippen molar-refractivity contribution < 1.29 is 13.5 Å². The predicted octanol–water partition coefficient (Wildman–Crippen LogP) is 0.972. The first-order valence-electron chi connectivity index (χ1n) is 5.47. The normalized spacial score (nSPS) is 34.8. The second kappa shape index (κ2) is 3.81. The van der Waals surface area contributed by atoms with Gasteiger partial charge >= 0.3 is 0 Å². The summed E-state index contributed by atoms with van der Waals surface area (Å²) < 4.78 is 22.5. The van der Waals surface area contributed by atoms with Crippen LogP contribution in [0.4, 0.5) is 0 Å². The van der Waals surface area contributed by atoms with Gasteiger partial charge in [0.1, 0.15) is 0 Å². The highest BCUT2D eigenvalue weighted by molar-refractivity contribution is 7.91. The average molecular weight is 218 g/mol. The molecule has 0 radical (unpaired) electrons. The summed E-state index contributed by atoms with van der Waals surface area (Å²) >= 11 is 0. The largest absolute Gasteiger partial charge is 0.393 e. The Balaban J connectivity index is 1.95. The Labute approximate surface area is 85.4 Å². The summed E-state index contributed by atoms with van der Waals surface area (Å²) in [6.07, 6.45) is 4.85. The lowest BCUT2D eigenvalue weighted by Gasteiger charge is -2.22. The molecule has 2 aliphatic rings. The highest BCUT2D eigenvalue weighted by Gasteiger charge is 2.37. The van der Waals surface area contributed by atoms with Crippen LogP contribution in [0, 0.1) is 11.8 Å². The topological polar surface area (TPSA) is 54.4 Å². The van der Waals surface area contributed by atoms with E-state index in [0.29, 0.717) is 12.3 Å². The van der Waals surface area contributed by atoms with E-state index in [1.807, 2.05) is 0 Å². The first-order valence-corrected chi connectivity index (χ1v) is 7.29. The van der Waals surface area contributed by atoms with Gasteiger partial charge in [0, 0.05) is 0 Å². The second-order valence-corrected chi connectivity index (χ2v) is 6.93. The van der Waals surface area contributed by atoms with E-state index < -0.39 is 9.84 Å². The summed E-state index contributed by atoms with van der Waals surface area (Å²) in [6.45, 7) is 0. The highest BCUT2D eigenvalue weighted by Crippen LogP contribution is 2.34. The van der Waals surface area contributed by atoms with Crippen molar-refractivity contribution in [2.24, 2.45) is 11.8 Å². The Morgan fingerprint density at radius 3 is 2.21 bits per heavy atom. The molecule has 4 heteroatoms. The van der Waals surface area contributed by atoms with Crippen LogP contribution in [0.1, 0.15) is 32.1 Å². The molecule has 0 aromatic rings. The van der Waals surface area contributed by atoms with Crippen molar-refractivity contribution in [3.05, 3.63) is 0 Å². The molecule has 1 heterocycles. The maximum Gasteiger partial charge on any atom is 0.150 e. The van der Waals surface area contributed by atoms with Gasteiger partial charge in [-0.05, 0) is 31.1 Å². The molecule has 1 N–H and O–H groups in total. The second-order valence-electron chi connectivity index (χ2n) is 4.70. The summed E-state index contributed by atoms with van der Waals surface area (Å²) in [6, 6.07) is 0. The van der Waals surface area contributed by atoms with Gasteiger partial charge in [-0.3, -0.25) is 0 Å². The molecule has 2 fully saturated rings. The van der Waals surface area contributed by atoms with Gasteiger partial charge in [0.15, 0.2) is 9.84 Å². The van der Waals surface area contributed by atoms with E-state index in [1.54, 1.807) is 0 Å². The van der Waals surface area contributed by atoms with E-state index in [1.165, 1.54) is 12.8 Å². The van der Waals surface area contributed by atoms with Crippen molar-refractivity contribution in [2.75, 3.05) is 11.5 Å². The monoisotopic (exact) mass is 218 g/mol. The Morgan fingerprint density at radius 2 is 1.71 bits per heavy atom. The minimum Gasteiger partial charge on any atom is -0.393 e. The molecule has 0 aromatic heterocycles. The Hall–Kier alpha value is -0.0900. The quantitative estimate of drug-likeness (QED) is 0.751. The number of aliphatic hydroxyl groups excluding tert-OH is 1. The van der Waals surface area contributed by atoms with Gasteiger partial charge < -0.3 is 5.11 Å². The van der Waals surface area contributed by atoms with Crippen LogP contribution in [-0.2, 0) is 9.84 Å². The zero-order valence-electron chi connectivity index (χ0n) is 8.35. The predicted molar refractivity (Wildman–Crippen MR) is 54.7 cm³/mol. The molecule has 1 aliphatic heterocycles. The van der Waals surface area contributed by atoms with E-state index in [2.05, 4.69) is 0 Å². The molecule has 0 aromatic carbocycles. The fourth-order valence-corrected chi connectivity index (χ4v) is 4.62. The summed E-state index contributed by atoms with van der Waals surface area (Å²) in [5, 5.41) is 10.0. The van der Waals surface area contributed by atoms with Crippen molar-refractivity contribution in [1.82, 2.24) is 0 Å². The maximum atomic E-state index is 11.2. The zero-order chi connectivity index (χ0) is 10.2. The lowest BCUT2D eigenvalue weighted by atomic mass is 9.89. The lowest BCUT2D eigenvalue weighted by Crippen LogP contribution is -2.28. The molecule has 1 saturated heterocycles. The Kier molecular flexibility index (Phi) is 2.84. The van der Waals surface area contributed by atoms with Crippen molar-refractivity contribution in [2.45, 2.75) is 38.2 Å². The maximum absolute atomic E-state index is 11.2. The van der Waals surface area contributed by atoms with Crippen LogP contribution >= 0.6 is 0 Å². The number of sulfone groups is 1. The average Bonchev–Trinajstić information content (AvgIpc) is 2.72. The smallest absolute Gasteiger partial charge is 0.150 e. The standard InChI is InChI=1S/C10H18O3S/c11-10(8-3-1-2-4-8)9-5-6-14(12,13)7-9/h8-11H,1-7H2. The number of hydrogen-bond acceptors (Lipinski definition) is 3. The summed E-state index contributed by atoms with van der Waals surface area (Å²) in [4.78, 5) is 0. The first-order chi connectivity index (χ1) is 6.58. The number of rotatable bonds is 2. The van der Waals surface area contributed by atoms with Crippen molar-refractivity contribution in [3.8, 4) is 0 Å². The molecule has 2 atom stereocenters. The van der Waals surface area contributed by atoms with Gasteiger partial charge in [0.25, 0.3) is 0 Å². The van der Waals surface area contributed by atoms with Crippen LogP contribution < -0.4 is 0 Å². The molecule has 1 aliphatic carbocycles. The van der Waals surface area contributed by atoms with Gasteiger partial charge in [-0.1, -0.05) is 12.8 Å². The Bertz CT molecular complexity index is 290. The molecule has 1 saturated carbocycles. The van der Waals surface area contributed by atoms with Crippen LogP contribution in [0.5, 0.6) is 0 Å². The SMILES string of the molecule is O=S1(=O)CCC(C(O)C2CCCC2)C1. The van der Waals surface area contributed by atoms with Crippen molar-refractivity contribution >= 4 is 9.84 Å².